The fraction of sp³-hybridized carbons (Fsp3) is 0.417. The highest BCUT2D eigenvalue weighted by Crippen LogP contribution is 2.35. The van der Waals surface area contributed by atoms with Crippen molar-refractivity contribution < 1.29 is 4.74 Å². The first-order chi connectivity index (χ1) is 13.7. The smallest absolute Gasteiger partial charge is 0.162 e. The summed E-state index contributed by atoms with van der Waals surface area (Å²) < 4.78 is 5.40. The number of nitrogens with zero attached hydrogens (tertiary/aromatic N) is 3. The first-order valence-corrected chi connectivity index (χ1v) is 10.3. The number of hydrogen-bond acceptors (Lipinski definition) is 4. The van der Waals surface area contributed by atoms with E-state index in [2.05, 4.69) is 37.1 Å². The maximum Gasteiger partial charge on any atom is 0.162 e. The number of hydrogen-bond donors (Lipinski definition) is 0. The Hall–Kier alpha value is -2.62. The van der Waals surface area contributed by atoms with Crippen molar-refractivity contribution in [3.63, 3.8) is 0 Å². The van der Waals surface area contributed by atoms with E-state index in [0.29, 0.717) is 6.04 Å². The first-order valence-electron chi connectivity index (χ1n) is 10.3. The van der Waals surface area contributed by atoms with Crippen LogP contribution < -0.4 is 9.64 Å². The van der Waals surface area contributed by atoms with E-state index in [9.17, 15) is 0 Å². The Labute approximate surface area is 167 Å². The third-order valence-electron chi connectivity index (χ3n) is 6.14. The molecule has 0 radical (unpaired) electrons. The summed E-state index contributed by atoms with van der Waals surface area (Å²) in [6, 6.07) is 16.9. The Kier molecular flexibility index (Phi) is 5.47. The Bertz CT molecular complexity index is 955. The molecule has 1 fully saturated rings. The molecule has 1 aromatic heterocycles. The van der Waals surface area contributed by atoms with Gasteiger partial charge in [0.15, 0.2) is 5.82 Å². The van der Waals surface area contributed by atoms with E-state index in [1.165, 1.54) is 32.1 Å². The summed E-state index contributed by atoms with van der Waals surface area (Å²) in [5.74, 6) is 3.34. The topological polar surface area (TPSA) is 38.2 Å². The van der Waals surface area contributed by atoms with Gasteiger partial charge in [-0.1, -0.05) is 50.5 Å². The lowest BCUT2D eigenvalue weighted by atomic mass is 9.82. The molecule has 1 heterocycles. The van der Waals surface area contributed by atoms with Crippen molar-refractivity contribution in [2.45, 2.75) is 45.1 Å². The van der Waals surface area contributed by atoms with Crippen molar-refractivity contribution in [2.24, 2.45) is 5.92 Å². The second-order valence-electron chi connectivity index (χ2n) is 7.75. The van der Waals surface area contributed by atoms with Gasteiger partial charge in [0.1, 0.15) is 11.6 Å². The standard InChI is InChI=1S/C24H29N3O/c1-4-17-10-5-8-15-22(17)27(2)24-20-13-6-7-14-21(20)25-23(26-24)18-11-9-12-19(16-18)28-3/h6-7,9,11-14,16-17,22H,4-5,8,10,15H2,1-3H3. The molecule has 1 aliphatic carbocycles. The molecule has 4 nitrogen and oxygen atoms in total. The van der Waals surface area contributed by atoms with E-state index >= 15 is 0 Å². The number of benzene rings is 2. The second-order valence-corrected chi connectivity index (χ2v) is 7.75. The van der Waals surface area contributed by atoms with Crippen LogP contribution in [-0.2, 0) is 0 Å². The van der Waals surface area contributed by atoms with Gasteiger partial charge in [-0.25, -0.2) is 9.97 Å². The monoisotopic (exact) mass is 375 g/mol. The average molecular weight is 376 g/mol. The van der Waals surface area contributed by atoms with E-state index in [-0.39, 0.29) is 0 Å². The Morgan fingerprint density at radius 3 is 2.68 bits per heavy atom. The lowest BCUT2D eigenvalue weighted by Gasteiger charge is -2.38. The van der Waals surface area contributed by atoms with Gasteiger partial charge in [0.05, 0.1) is 12.6 Å². The third kappa shape index (κ3) is 3.56. The van der Waals surface area contributed by atoms with Crippen molar-refractivity contribution in [1.29, 1.82) is 0 Å². The van der Waals surface area contributed by atoms with E-state index in [1.54, 1.807) is 7.11 Å². The summed E-state index contributed by atoms with van der Waals surface area (Å²) in [6.07, 6.45) is 6.43. The van der Waals surface area contributed by atoms with Gasteiger partial charge in [-0.05, 0) is 43.0 Å². The Morgan fingerprint density at radius 1 is 1.04 bits per heavy atom. The number of aromatic nitrogens is 2. The van der Waals surface area contributed by atoms with Gasteiger partial charge in [0.2, 0.25) is 0 Å². The molecule has 1 aliphatic rings. The summed E-state index contributed by atoms with van der Waals surface area (Å²) in [7, 11) is 3.90. The van der Waals surface area contributed by atoms with Gasteiger partial charge in [-0.15, -0.1) is 0 Å². The van der Waals surface area contributed by atoms with Crippen LogP contribution in [0.25, 0.3) is 22.3 Å². The minimum atomic E-state index is 0.537. The van der Waals surface area contributed by atoms with E-state index < -0.39 is 0 Å². The summed E-state index contributed by atoms with van der Waals surface area (Å²) in [5.41, 5.74) is 1.97. The number of rotatable bonds is 5. The minimum absolute atomic E-state index is 0.537. The van der Waals surface area contributed by atoms with Gasteiger partial charge in [-0.2, -0.15) is 0 Å². The highest BCUT2D eigenvalue weighted by molar-refractivity contribution is 5.91. The van der Waals surface area contributed by atoms with Crippen LogP contribution >= 0.6 is 0 Å². The number of methoxy groups -OCH3 is 1. The third-order valence-corrected chi connectivity index (χ3v) is 6.14. The van der Waals surface area contributed by atoms with Crippen molar-refractivity contribution in [3.8, 4) is 17.1 Å². The maximum absolute atomic E-state index is 5.40. The second kappa shape index (κ2) is 8.17. The molecule has 3 aromatic rings. The van der Waals surface area contributed by atoms with Crippen LogP contribution in [0.15, 0.2) is 48.5 Å². The zero-order valence-electron chi connectivity index (χ0n) is 17.1. The summed E-state index contributed by atoms with van der Waals surface area (Å²) >= 11 is 0. The Balaban J connectivity index is 1.82. The predicted octanol–water partition coefficient (Wildman–Crippen LogP) is 5.71. The lowest BCUT2D eigenvalue weighted by Crippen LogP contribution is -2.40. The van der Waals surface area contributed by atoms with Crippen LogP contribution in [-0.4, -0.2) is 30.2 Å². The van der Waals surface area contributed by atoms with E-state index in [4.69, 9.17) is 14.7 Å². The molecule has 0 bridgehead atoms. The lowest BCUT2D eigenvalue weighted by molar-refractivity contribution is 0.292. The van der Waals surface area contributed by atoms with Crippen molar-refractivity contribution >= 4 is 16.7 Å². The zero-order valence-corrected chi connectivity index (χ0v) is 17.1. The van der Waals surface area contributed by atoms with Crippen molar-refractivity contribution in [2.75, 3.05) is 19.1 Å². The molecule has 2 aromatic carbocycles. The van der Waals surface area contributed by atoms with Crippen LogP contribution in [0.2, 0.25) is 0 Å². The molecule has 4 rings (SSSR count). The largest absolute Gasteiger partial charge is 0.497 e. The zero-order chi connectivity index (χ0) is 19.5. The molecule has 2 unspecified atom stereocenters. The molecule has 0 saturated heterocycles. The minimum Gasteiger partial charge on any atom is -0.497 e. The van der Waals surface area contributed by atoms with Gasteiger partial charge >= 0.3 is 0 Å². The number of anilines is 1. The van der Waals surface area contributed by atoms with E-state index in [0.717, 1.165) is 39.8 Å². The molecule has 1 saturated carbocycles. The number of para-hydroxylation sites is 1. The average Bonchev–Trinajstić information content (AvgIpc) is 2.77. The number of ether oxygens (including phenoxy) is 1. The van der Waals surface area contributed by atoms with Crippen LogP contribution in [0, 0.1) is 5.92 Å². The SMILES string of the molecule is CCC1CCCCC1N(C)c1nc(-c2cccc(OC)c2)nc2ccccc12. The quantitative estimate of drug-likeness (QED) is 0.572. The molecule has 28 heavy (non-hydrogen) atoms. The Morgan fingerprint density at radius 2 is 1.86 bits per heavy atom. The van der Waals surface area contributed by atoms with Crippen molar-refractivity contribution in [3.05, 3.63) is 48.5 Å². The van der Waals surface area contributed by atoms with Gasteiger partial charge < -0.3 is 9.64 Å². The normalized spacial score (nSPS) is 19.5. The molecular formula is C24H29N3O. The predicted molar refractivity (Wildman–Crippen MR) is 116 cm³/mol. The molecule has 2 atom stereocenters. The van der Waals surface area contributed by atoms with Crippen LogP contribution in [0.3, 0.4) is 0 Å². The molecule has 0 spiro atoms. The van der Waals surface area contributed by atoms with Crippen molar-refractivity contribution in [1.82, 2.24) is 9.97 Å². The molecule has 0 amide bonds. The fourth-order valence-corrected chi connectivity index (χ4v) is 4.55. The van der Waals surface area contributed by atoms with Gasteiger partial charge in [-0.3, -0.25) is 0 Å². The van der Waals surface area contributed by atoms with Crippen LogP contribution in [0.4, 0.5) is 5.82 Å². The molecule has 4 heteroatoms. The van der Waals surface area contributed by atoms with Gasteiger partial charge in [0.25, 0.3) is 0 Å². The van der Waals surface area contributed by atoms with Crippen LogP contribution in [0.1, 0.15) is 39.0 Å². The summed E-state index contributed by atoms with van der Waals surface area (Å²) in [5, 5.41) is 1.12. The van der Waals surface area contributed by atoms with Gasteiger partial charge in [0, 0.05) is 24.0 Å². The maximum atomic E-state index is 5.40. The summed E-state index contributed by atoms with van der Waals surface area (Å²) in [6.45, 7) is 2.32. The number of fused-ring (bicyclic) bond motifs is 1. The molecule has 146 valence electrons. The van der Waals surface area contributed by atoms with Crippen LogP contribution in [0.5, 0.6) is 5.75 Å². The molecule has 0 aliphatic heterocycles. The molecule has 0 N–H and O–H groups in total. The summed E-state index contributed by atoms with van der Waals surface area (Å²) in [4.78, 5) is 12.3. The molecular weight excluding hydrogens is 346 g/mol. The first kappa shape index (κ1) is 18.7. The highest BCUT2D eigenvalue weighted by atomic mass is 16.5. The van der Waals surface area contributed by atoms with E-state index in [1.807, 2.05) is 30.3 Å². The highest BCUT2D eigenvalue weighted by Gasteiger charge is 2.29. The fourth-order valence-electron chi connectivity index (χ4n) is 4.55.